The SMILES string of the molecule is O=C(Nc1nc(-c2cccnc2)cs1)C1CNNC1c1ccc(F)cc1. The Bertz CT molecular complexity index is 899. The summed E-state index contributed by atoms with van der Waals surface area (Å²) in [7, 11) is 0. The number of rotatable bonds is 4. The van der Waals surface area contributed by atoms with E-state index in [9.17, 15) is 9.18 Å². The van der Waals surface area contributed by atoms with Gasteiger partial charge in [0.1, 0.15) is 5.82 Å². The summed E-state index contributed by atoms with van der Waals surface area (Å²) in [6.45, 7) is 0.481. The molecule has 0 aliphatic carbocycles. The maximum absolute atomic E-state index is 13.1. The van der Waals surface area contributed by atoms with Crippen LogP contribution in [0.15, 0.2) is 54.2 Å². The van der Waals surface area contributed by atoms with Crippen LogP contribution in [0, 0.1) is 11.7 Å². The standard InChI is InChI=1S/C18H16FN5OS/c19-13-5-3-11(4-6-13)16-14(9-21-24-16)17(25)23-18-22-15(10-26-18)12-2-1-7-20-8-12/h1-8,10,14,16,21,24H,9H2,(H,22,23,25). The van der Waals surface area contributed by atoms with Crippen molar-refractivity contribution in [3.8, 4) is 11.3 Å². The number of thiazole rings is 1. The number of hydrogen-bond donors (Lipinski definition) is 3. The molecule has 1 saturated heterocycles. The molecule has 6 nitrogen and oxygen atoms in total. The number of benzene rings is 1. The zero-order valence-corrected chi connectivity index (χ0v) is 14.5. The minimum absolute atomic E-state index is 0.135. The van der Waals surface area contributed by atoms with Crippen LogP contribution in [0.5, 0.6) is 0 Å². The fourth-order valence-electron chi connectivity index (χ4n) is 2.90. The van der Waals surface area contributed by atoms with E-state index in [0.717, 1.165) is 16.8 Å². The molecule has 1 aromatic carbocycles. The number of carbonyl (C=O) groups excluding carboxylic acids is 1. The van der Waals surface area contributed by atoms with Crippen LogP contribution in [-0.4, -0.2) is 22.4 Å². The van der Waals surface area contributed by atoms with Gasteiger partial charge in [0.15, 0.2) is 5.13 Å². The van der Waals surface area contributed by atoms with E-state index in [-0.39, 0.29) is 23.7 Å². The van der Waals surface area contributed by atoms with Gasteiger partial charge in [0, 0.05) is 29.9 Å². The molecule has 132 valence electrons. The average Bonchev–Trinajstić information content (AvgIpc) is 3.33. The van der Waals surface area contributed by atoms with E-state index < -0.39 is 0 Å². The molecular formula is C18H16FN5OS. The molecule has 2 unspecified atom stereocenters. The van der Waals surface area contributed by atoms with Crippen LogP contribution in [0.25, 0.3) is 11.3 Å². The maximum Gasteiger partial charge on any atom is 0.232 e. The normalized spacial score (nSPS) is 19.4. The highest BCUT2D eigenvalue weighted by Crippen LogP contribution is 2.28. The Labute approximate surface area is 153 Å². The van der Waals surface area contributed by atoms with Gasteiger partial charge < -0.3 is 5.32 Å². The summed E-state index contributed by atoms with van der Waals surface area (Å²) >= 11 is 1.37. The third-order valence-corrected chi connectivity index (χ3v) is 5.00. The fraction of sp³-hybridized carbons (Fsp3) is 0.167. The maximum atomic E-state index is 13.1. The lowest BCUT2D eigenvalue weighted by Gasteiger charge is -2.17. The van der Waals surface area contributed by atoms with Gasteiger partial charge in [-0.3, -0.25) is 15.2 Å². The van der Waals surface area contributed by atoms with E-state index in [1.54, 1.807) is 24.5 Å². The second-order valence-corrected chi connectivity index (χ2v) is 6.79. The van der Waals surface area contributed by atoms with E-state index in [0.29, 0.717) is 11.7 Å². The van der Waals surface area contributed by atoms with Crippen molar-refractivity contribution < 1.29 is 9.18 Å². The molecule has 0 bridgehead atoms. The molecule has 3 heterocycles. The van der Waals surface area contributed by atoms with Crippen molar-refractivity contribution in [2.75, 3.05) is 11.9 Å². The van der Waals surface area contributed by atoms with Gasteiger partial charge in [0.2, 0.25) is 5.91 Å². The van der Waals surface area contributed by atoms with E-state index >= 15 is 0 Å². The van der Waals surface area contributed by atoms with Gasteiger partial charge in [0.05, 0.1) is 17.7 Å². The van der Waals surface area contributed by atoms with Gasteiger partial charge in [-0.25, -0.2) is 14.8 Å². The molecule has 2 aromatic heterocycles. The molecule has 0 saturated carbocycles. The van der Waals surface area contributed by atoms with Crippen molar-refractivity contribution in [3.05, 3.63) is 65.6 Å². The first-order valence-corrected chi connectivity index (χ1v) is 8.99. The van der Waals surface area contributed by atoms with Crippen LogP contribution >= 0.6 is 11.3 Å². The highest BCUT2D eigenvalue weighted by atomic mass is 32.1. The van der Waals surface area contributed by atoms with Gasteiger partial charge in [-0.15, -0.1) is 11.3 Å². The Morgan fingerprint density at radius 1 is 1.27 bits per heavy atom. The summed E-state index contributed by atoms with van der Waals surface area (Å²) in [4.78, 5) is 21.2. The molecule has 1 aliphatic rings. The number of hydrogen-bond acceptors (Lipinski definition) is 6. The van der Waals surface area contributed by atoms with Gasteiger partial charge in [-0.1, -0.05) is 12.1 Å². The predicted octanol–water partition coefficient (Wildman–Crippen LogP) is 2.75. The molecular weight excluding hydrogens is 353 g/mol. The van der Waals surface area contributed by atoms with Gasteiger partial charge in [-0.05, 0) is 29.8 Å². The molecule has 2 atom stereocenters. The number of aromatic nitrogens is 2. The molecule has 3 N–H and O–H groups in total. The molecule has 1 aliphatic heterocycles. The Hall–Kier alpha value is -2.68. The lowest BCUT2D eigenvalue weighted by atomic mass is 9.94. The number of pyridine rings is 1. The fourth-order valence-corrected chi connectivity index (χ4v) is 3.63. The van der Waals surface area contributed by atoms with E-state index in [2.05, 4.69) is 26.1 Å². The van der Waals surface area contributed by atoms with Gasteiger partial charge >= 0.3 is 0 Å². The van der Waals surface area contributed by atoms with Crippen LogP contribution in [0.3, 0.4) is 0 Å². The van der Waals surface area contributed by atoms with Crippen LogP contribution < -0.4 is 16.2 Å². The Morgan fingerprint density at radius 2 is 2.12 bits per heavy atom. The zero-order chi connectivity index (χ0) is 17.9. The number of nitrogens with one attached hydrogen (secondary N) is 3. The van der Waals surface area contributed by atoms with E-state index in [1.807, 2.05) is 17.5 Å². The van der Waals surface area contributed by atoms with Crippen molar-refractivity contribution in [2.24, 2.45) is 5.92 Å². The lowest BCUT2D eigenvalue weighted by Crippen LogP contribution is -2.29. The van der Waals surface area contributed by atoms with Crippen LogP contribution in [0.4, 0.5) is 9.52 Å². The monoisotopic (exact) mass is 369 g/mol. The smallest absolute Gasteiger partial charge is 0.232 e. The minimum Gasteiger partial charge on any atom is -0.302 e. The number of halogens is 1. The van der Waals surface area contributed by atoms with Gasteiger partial charge in [-0.2, -0.15) is 0 Å². The topological polar surface area (TPSA) is 78.9 Å². The van der Waals surface area contributed by atoms with Crippen molar-refractivity contribution in [1.29, 1.82) is 0 Å². The quantitative estimate of drug-likeness (QED) is 0.659. The van der Waals surface area contributed by atoms with Crippen LogP contribution in [0.2, 0.25) is 0 Å². The van der Waals surface area contributed by atoms with Crippen LogP contribution in [-0.2, 0) is 4.79 Å². The molecule has 3 aromatic rings. The highest BCUT2D eigenvalue weighted by Gasteiger charge is 2.34. The van der Waals surface area contributed by atoms with Crippen LogP contribution in [0.1, 0.15) is 11.6 Å². The first-order chi connectivity index (χ1) is 12.7. The molecule has 1 fully saturated rings. The Balaban J connectivity index is 1.47. The zero-order valence-electron chi connectivity index (χ0n) is 13.6. The number of amides is 1. The summed E-state index contributed by atoms with van der Waals surface area (Å²) < 4.78 is 13.1. The Kier molecular flexibility index (Phi) is 4.70. The number of hydrazine groups is 1. The van der Waals surface area contributed by atoms with Crippen molar-refractivity contribution >= 4 is 22.4 Å². The summed E-state index contributed by atoms with van der Waals surface area (Å²) in [5, 5.41) is 5.30. The van der Waals surface area contributed by atoms with Crippen molar-refractivity contribution in [2.45, 2.75) is 6.04 Å². The largest absolute Gasteiger partial charge is 0.302 e. The third-order valence-electron chi connectivity index (χ3n) is 4.24. The third kappa shape index (κ3) is 3.48. The first kappa shape index (κ1) is 16.8. The van der Waals surface area contributed by atoms with Crippen molar-refractivity contribution in [1.82, 2.24) is 20.8 Å². The van der Waals surface area contributed by atoms with Gasteiger partial charge in [0.25, 0.3) is 0 Å². The molecule has 0 radical (unpaired) electrons. The molecule has 4 rings (SSSR count). The number of carbonyl (C=O) groups is 1. The summed E-state index contributed by atoms with van der Waals surface area (Å²) in [5.41, 5.74) is 8.61. The second kappa shape index (κ2) is 7.28. The number of nitrogens with zero attached hydrogens (tertiary/aromatic N) is 2. The molecule has 0 spiro atoms. The Morgan fingerprint density at radius 3 is 2.88 bits per heavy atom. The second-order valence-electron chi connectivity index (χ2n) is 5.93. The summed E-state index contributed by atoms with van der Waals surface area (Å²) in [6.07, 6.45) is 3.43. The van der Waals surface area contributed by atoms with E-state index in [1.165, 1.54) is 23.5 Å². The minimum atomic E-state index is -0.328. The number of anilines is 1. The lowest BCUT2D eigenvalue weighted by molar-refractivity contribution is -0.119. The molecule has 26 heavy (non-hydrogen) atoms. The molecule has 8 heteroatoms. The predicted molar refractivity (Wildman–Crippen MR) is 97.7 cm³/mol. The van der Waals surface area contributed by atoms with Crippen molar-refractivity contribution in [3.63, 3.8) is 0 Å². The summed E-state index contributed by atoms with van der Waals surface area (Å²) in [5.74, 6) is -0.762. The average molecular weight is 369 g/mol. The summed E-state index contributed by atoms with van der Waals surface area (Å²) in [6, 6.07) is 9.69. The van der Waals surface area contributed by atoms with E-state index in [4.69, 9.17) is 0 Å². The highest BCUT2D eigenvalue weighted by molar-refractivity contribution is 7.14. The molecule has 1 amide bonds. The first-order valence-electron chi connectivity index (χ1n) is 8.11.